The second-order valence-corrected chi connectivity index (χ2v) is 5.74. The quantitative estimate of drug-likeness (QED) is 0.833. The van der Waals surface area contributed by atoms with Crippen molar-refractivity contribution in [2.24, 2.45) is 0 Å². The largest absolute Gasteiger partial charge is 0.379 e. The first-order chi connectivity index (χ1) is 10.8. The lowest BCUT2D eigenvalue weighted by atomic mass is 10.0. The van der Waals surface area contributed by atoms with Gasteiger partial charge in [0.15, 0.2) is 0 Å². The summed E-state index contributed by atoms with van der Waals surface area (Å²) in [5.41, 5.74) is 2.68. The summed E-state index contributed by atoms with van der Waals surface area (Å²) in [6.45, 7) is 4.76. The van der Waals surface area contributed by atoms with Crippen molar-refractivity contribution in [1.29, 1.82) is 0 Å². The molecular formula is C19H22FNO. The van der Waals surface area contributed by atoms with Crippen molar-refractivity contribution >= 4 is 0 Å². The zero-order valence-electron chi connectivity index (χ0n) is 12.8. The van der Waals surface area contributed by atoms with E-state index in [1.165, 1.54) is 0 Å². The fourth-order valence-electron chi connectivity index (χ4n) is 2.90. The molecule has 0 unspecified atom stereocenters. The van der Waals surface area contributed by atoms with Gasteiger partial charge in [-0.05, 0) is 36.6 Å². The van der Waals surface area contributed by atoms with Crippen LogP contribution < -0.4 is 0 Å². The number of nitrogens with zero attached hydrogens (tertiary/aromatic N) is 1. The molecule has 2 aromatic rings. The number of benzene rings is 2. The van der Waals surface area contributed by atoms with Crippen molar-refractivity contribution in [2.45, 2.75) is 12.8 Å². The molecule has 0 atom stereocenters. The van der Waals surface area contributed by atoms with Crippen molar-refractivity contribution < 1.29 is 9.13 Å². The molecule has 0 aliphatic carbocycles. The Morgan fingerprint density at radius 2 is 1.77 bits per heavy atom. The van der Waals surface area contributed by atoms with Gasteiger partial charge in [0, 0.05) is 18.7 Å². The molecule has 1 heterocycles. The van der Waals surface area contributed by atoms with Crippen molar-refractivity contribution in [1.82, 2.24) is 4.90 Å². The number of hydrogen-bond acceptors (Lipinski definition) is 2. The number of ether oxygens (including phenoxy) is 1. The molecule has 2 aromatic carbocycles. The summed E-state index contributed by atoms with van der Waals surface area (Å²) in [6.07, 6.45) is 1.98. The molecule has 2 nitrogen and oxygen atoms in total. The van der Waals surface area contributed by atoms with E-state index >= 15 is 0 Å². The average Bonchev–Trinajstić information content (AvgIpc) is 2.57. The van der Waals surface area contributed by atoms with Crippen LogP contribution in [0.3, 0.4) is 0 Å². The number of aryl methyl sites for hydroxylation is 1. The number of hydrogen-bond donors (Lipinski definition) is 0. The van der Waals surface area contributed by atoms with Crippen LogP contribution in [-0.4, -0.2) is 37.7 Å². The summed E-state index contributed by atoms with van der Waals surface area (Å²) in [5.74, 6) is -0.130. The number of morpholine rings is 1. The molecule has 0 spiro atoms. The third kappa shape index (κ3) is 3.93. The van der Waals surface area contributed by atoms with Gasteiger partial charge in [0.25, 0.3) is 0 Å². The molecule has 1 aliphatic rings. The van der Waals surface area contributed by atoms with E-state index in [1.807, 2.05) is 42.5 Å². The van der Waals surface area contributed by atoms with Crippen LogP contribution in [0.5, 0.6) is 0 Å². The van der Waals surface area contributed by atoms with Crippen molar-refractivity contribution in [3.8, 4) is 11.1 Å². The Kier molecular flexibility index (Phi) is 5.20. The van der Waals surface area contributed by atoms with E-state index in [0.717, 1.165) is 56.8 Å². The highest BCUT2D eigenvalue weighted by atomic mass is 19.1. The van der Waals surface area contributed by atoms with Crippen LogP contribution in [-0.2, 0) is 11.2 Å². The summed E-state index contributed by atoms with van der Waals surface area (Å²) < 4.78 is 19.6. The second kappa shape index (κ2) is 7.52. The van der Waals surface area contributed by atoms with Gasteiger partial charge in [-0.1, -0.05) is 42.5 Å². The zero-order valence-corrected chi connectivity index (χ0v) is 12.8. The Hall–Kier alpha value is -1.71. The minimum absolute atomic E-state index is 0.130. The van der Waals surface area contributed by atoms with Crippen LogP contribution in [0, 0.1) is 5.82 Å². The van der Waals surface area contributed by atoms with E-state index in [0.29, 0.717) is 5.56 Å². The smallest absolute Gasteiger partial charge is 0.131 e. The third-order valence-corrected chi connectivity index (χ3v) is 4.16. The highest BCUT2D eigenvalue weighted by Gasteiger charge is 2.10. The number of rotatable bonds is 5. The second-order valence-electron chi connectivity index (χ2n) is 5.74. The molecule has 3 heteroatoms. The molecule has 22 heavy (non-hydrogen) atoms. The summed E-state index contributed by atoms with van der Waals surface area (Å²) in [5, 5.41) is 0. The molecule has 0 amide bonds. The normalized spacial score (nSPS) is 15.9. The van der Waals surface area contributed by atoms with Crippen LogP contribution in [0.25, 0.3) is 11.1 Å². The Labute approximate surface area is 131 Å². The van der Waals surface area contributed by atoms with Gasteiger partial charge in [-0.15, -0.1) is 0 Å². The zero-order chi connectivity index (χ0) is 15.2. The standard InChI is InChI=1S/C19H22FNO/c20-19-15-16(5-4-10-21-11-13-22-14-12-21)8-9-18(19)17-6-2-1-3-7-17/h1-3,6-9,15H,4-5,10-14H2. The monoisotopic (exact) mass is 299 g/mol. The molecule has 0 N–H and O–H groups in total. The van der Waals surface area contributed by atoms with Gasteiger partial charge in [0.1, 0.15) is 5.82 Å². The minimum Gasteiger partial charge on any atom is -0.379 e. The van der Waals surface area contributed by atoms with Gasteiger partial charge in [0.2, 0.25) is 0 Å². The van der Waals surface area contributed by atoms with Crippen molar-refractivity contribution in [2.75, 3.05) is 32.8 Å². The summed E-state index contributed by atoms with van der Waals surface area (Å²) in [6, 6.07) is 15.3. The Morgan fingerprint density at radius 1 is 1.00 bits per heavy atom. The van der Waals surface area contributed by atoms with Gasteiger partial charge in [-0.2, -0.15) is 0 Å². The molecular weight excluding hydrogens is 277 g/mol. The fourth-order valence-corrected chi connectivity index (χ4v) is 2.90. The van der Waals surface area contributed by atoms with E-state index < -0.39 is 0 Å². The van der Waals surface area contributed by atoms with Gasteiger partial charge in [-0.25, -0.2) is 4.39 Å². The summed E-state index contributed by atoms with van der Waals surface area (Å²) in [7, 11) is 0. The van der Waals surface area contributed by atoms with Crippen molar-refractivity contribution in [3.05, 3.63) is 59.9 Å². The lowest BCUT2D eigenvalue weighted by Gasteiger charge is -2.26. The van der Waals surface area contributed by atoms with Crippen LogP contribution in [0.1, 0.15) is 12.0 Å². The molecule has 1 aliphatic heterocycles. The number of halogens is 1. The topological polar surface area (TPSA) is 12.5 Å². The third-order valence-electron chi connectivity index (χ3n) is 4.16. The SMILES string of the molecule is Fc1cc(CCCN2CCOCC2)ccc1-c1ccccc1. The summed E-state index contributed by atoms with van der Waals surface area (Å²) >= 11 is 0. The van der Waals surface area contributed by atoms with Gasteiger partial charge in [-0.3, -0.25) is 4.90 Å². The molecule has 1 saturated heterocycles. The van der Waals surface area contributed by atoms with E-state index in [-0.39, 0.29) is 5.82 Å². The first-order valence-electron chi connectivity index (χ1n) is 7.97. The highest BCUT2D eigenvalue weighted by molar-refractivity contribution is 5.64. The van der Waals surface area contributed by atoms with Crippen LogP contribution in [0.15, 0.2) is 48.5 Å². The van der Waals surface area contributed by atoms with E-state index in [1.54, 1.807) is 6.07 Å². The Morgan fingerprint density at radius 3 is 2.50 bits per heavy atom. The summed E-state index contributed by atoms with van der Waals surface area (Å²) in [4.78, 5) is 2.41. The Bertz CT molecular complexity index is 594. The molecule has 0 aromatic heterocycles. The fraction of sp³-hybridized carbons (Fsp3) is 0.368. The van der Waals surface area contributed by atoms with E-state index in [9.17, 15) is 4.39 Å². The van der Waals surface area contributed by atoms with Crippen LogP contribution in [0.4, 0.5) is 4.39 Å². The van der Waals surface area contributed by atoms with Gasteiger partial charge in [0.05, 0.1) is 13.2 Å². The lowest BCUT2D eigenvalue weighted by molar-refractivity contribution is 0.0374. The highest BCUT2D eigenvalue weighted by Crippen LogP contribution is 2.23. The molecule has 1 fully saturated rings. The van der Waals surface area contributed by atoms with Crippen LogP contribution >= 0.6 is 0 Å². The van der Waals surface area contributed by atoms with E-state index in [2.05, 4.69) is 4.90 Å². The molecule has 116 valence electrons. The van der Waals surface area contributed by atoms with Crippen LogP contribution in [0.2, 0.25) is 0 Å². The minimum atomic E-state index is -0.130. The average molecular weight is 299 g/mol. The molecule has 0 saturated carbocycles. The van der Waals surface area contributed by atoms with E-state index in [4.69, 9.17) is 4.74 Å². The predicted molar refractivity (Wildman–Crippen MR) is 87.4 cm³/mol. The molecule has 0 radical (unpaired) electrons. The maximum absolute atomic E-state index is 14.3. The lowest BCUT2D eigenvalue weighted by Crippen LogP contribution is -2.36. The van der Waals surface area contributed by atoms with Crippen molar-refractivity contribution in [3.63, 3.8) is 0 Å². The maximum Gasteiger partial charge on any atom is 0.131 e. The Balaban J connectivity index is 1.57. The van der Waals surface area contributed by atoms with Gasteiger partial charge >= 0.3 is 0 Å². The maximum atomic E-state index is 14.3. The molecule has 3 rings (SSSR count). The molecule has 0 bridgehead atoms. The predicted octanol–water partition coefficient (Wildman–Crippen LogP) is 3.76. The first kappa shape index (κ1) is 15.2. The van der Waals surface area contributed by atoms with Gasteiger partial charge < -0.3 is 4.74 Å². The first-order valence-corrected chi connectivity index (χ1v) is 7.97.